The first kappa shape index (κ1) is 11.3. The monoisotopic (exact) mass is 242 g/mol. The van der Waals surface area contributed by atoms with Crippen molar-refractivity contribution in [1.29, 1.82) is 0 Å². The molecule has 1 saturated heterocycles. The van der Waals surface area contributed by atoms with Crippen molar-refractivity contribution in [2.24, 2.45) is 0 Å². The highest BCUT2D eigenvalue weighted by molar-refractivity contribution is 7.80. The van der Waals surface area contributed by atoms with Gasteiger partial charge in [0.15, 0.2) is 0 Å². The zero-order valence-electron chi connectivity index (χ0n) is 8.54. The van der Waals surface area contributed by atoms with E-state index >= 15 is 0 Å². The Balaban J connectivity index is 2.03. The minimum atomic E-state index is 0.820. The normalized spacial score (nSPS) is 18.0. The van der Waals surface area contributed by atoms with Crippen LogP contribution in [0.1, 0.15) is 5.56 Å². The average molecular weight is 243 g/mol. The Morgan fingerprint density at radius 3 is 2.73 bits per heavy atom. The van der Waals surface area contributed by atoms with Gasteiger partial charge in [-0.25, -0.2) is 0 Å². The number of rotatable bonds is 2. The smallest absolute Gasteiger partial charge is 0.0462 e. The molecule has 0 saturated carbocycles. The van der Waals surface area contributed by atoms with Crippen molar-refractivity contribution in [1.82, 2.24) is 10.2 Å². The lowest BCUT2D eigenvalue weighted by molar-refractivity contribution is 0.233. The zero-order chi connectivity index (χ0) is 10.7. The molecule has 4 heteroatoms. The SMILES string of the molecule is Sc1ccc(CN2CCNCC2)c(Cl)c1. The molecular formula is C11H15ClN2S. The number of nitrogens with zero attached hydrogens (tertiary/aromatic N) is 1. The first-order valence-electron chi connectivity index (χ1n) is 5.16. The van der Waals surface area contributed by atoms with Crippen molar-refractivity contribution in [3.05, 3.63) is 28.8 Å². The van der Waals surface area contributed by atoms with Gasteiger partial charge in [-0.3, -0.25) is 4.90 Å². The molecule has 0 spiro atoms. The van der Waals surface area contributed by atoms with E-state index in [4.69, 9.17) is 11.6 Å². The van der Waals surface area contributed by atoms with Crippen LogP contribution in [-0.2, 0) is 6.54 Å². The average Bonchev–Trinajstić information content (AvgIpc) is 2.24. The molecule has 0 aromatic heterocycles. The van der Waals surface area contributed by atoms with Crippen molar-refractivity contribution >= 4 is 24.2 Å². The number of benzene rings is 1. The Hall–Kier alpha value is -0.220. The number of piperazine rings is 1. The third-order valence-corrected chi connectivity index (χ3v) is 3.27. The maximum absolute atomic E-state index is 6.16. The summed E-state index contributed by atoms with van der Waals surface area (Å²) in [4.78, 5) is 3.33. The number of hydrogen-bond acceptors (Lipinski definition) is 3. The van der Waals surface area contributed by atoms with Gasteiger partial charge in [-0.1, -0.05) is 17.7 Å². The highest BCUT2D eigenvalue weighted by atomic mass is 35.5. The zero-order valence-corrected chi connectivity index (χ0v) is 10.2. The van der Waals surface area contributed by atoms with E-state index in [-0.39, 0.29) is 0 Å². The van der Waals surface area contributed by atoms with Gasteiger partial charge in [-0.05, 0) is 17.7 Å². The number of halogens is 1. The number of thiol groups is 1. The van der Waals surface area contributed by atoms with Crippen LogP contribution in [0.4, 0.5) is 0 Å². The maximum atomic E-state index is 6.16. The van der Waals surface area contributed by atoms with Gasteiger partial charge >= 0.3 is 0 Å². The summed E-state index contributed by atoms with van der Waals surface area (Å²) < 4.78 is 0. The maximum Gasteiger partial charge on any atom is 0.0462 e. The fourth-order valence-corrected chi connectivity index (χ4v) is 2.29. The van der Waals surface area contributed by atoms with E-state index < -0.39 is 0 Å². The minimum Gasteiger partial charge on any atom is -0.314 e. The summed E-state index contributed by atoms with van der Waals surface area (Å²) in [6, 6.07) is 5.96. The van der Waals surface area contributed by atoms with E-state index in [1.807, 2.05) is 12.1 Å². The summed E-state index contributed by atoms with van der Waals surface area (Å²) in [5.41, 5.74) is 1.19. The molecule has 1 aromatic carbocycles. The summed E-state index contributed by atoms with van der Waals surface area (Å²) in [6.07, 6.45) is 0. The van der Waals surface area contributed by atoms with Crippen LogP contribution in [-0.4, -0.2) is 31.1 Å². The standard InChI is InChI=1S/C11H15ClN2S/c12-11-7-10(15)2-1-9(11)8-14-5-3-13-4-6-14/h1-2,7,13,15H,3-6,8H2. The predicted octanol–water partition coefficient (Wildman–Crippen LogP) is 2.03. The van der Waals surface area contributed by atoms with Crippen LogP contribution in [0.5, 0.6) is 0 Å². The van der Waals surface area contributed by atoms with E-state index in [0.717, 1.165) is 42.6 Å². The summed E-state index contributed by atoms with van der Waals surface area (Å²) >= 11 is 10.4. The molecule has 15 heavy (non-hydrogen) atoms. The molecule has 82 valence electrons. The second-order valence-corrected chi connectivity index (χ2v) is 4.73. The molecule has 1 aliphatic rings. The van der Waals surface area contributed by atoms with Gasteiger partial charge in [0.05, 0.1) is 0 Å². The molecule has 2 nitrogen and oxygen atoms in total. The highest BCUT2D eigenvalue weighted by Crippen LogP contribution is 2.21. The molecule has 0 bridgehead atoms. The van der Waals surface area contributed by atoms with Gasteiger partial charge in [-0.15, -0.1) is 12.6 Å². The van der Waals surface area contributed by atoms with Gasteiger partial charge in [0.2, 0.25) is 0 Å². The van der Waals surface area contributed by atoms with Gasteiger partial charge in [0, 0.05) is 42.6 Å². The van der Waals surface area contributed by atoms with Gasteiger partial charge < -0.3 is 5.32 Å². The molecule has 1 heterocycles. The van der Waals surface area contributed by atoms with E-state index in [2.05, 4.69) is 28.9 Å². The molecule has 1 aromatic rings. The molecule has 1 N–H and O–H groups in total. The molecule has 1 aliphatic heterocycles. The Kier molecular flexibility index (Phi) is 3.92. The topological polar surface area (TPSA) is 15.3 Å². The largest absolute Gasteiger partial charge is 0.314 e. The fraction of sp³-hybridized carbons (Fsp3) is 0.455. The Bertz CT molecular complexity index is 337. The Morgan fingerprint density at radius 1 is 1.33 bits per heavy atom. The quantitative estimate of drug-likeness (QED) is 0.772. The lowest BCUT2D eigenvalue weighted by atomic mass is 10.2. The summed E-state index contributed by atoms with van der Waals surface area (Å²) in [6.45, 7) is 5.27. The fourth-order valence-electron chi connectivity index (χ4n) is 1.77. The van der Waals surface area contributed by atoms with E-state index in [9.17, 15) is 0 Å². The minimum absolute atomic E-state index is 0.820. The third kappa shape index (κ3) is 3.11. The first-order valence-corrected chi connectivity index (χ1v) is 5.99. The van der Waals surface area contributed by atoms with Crippen LogP contribution in [0.15, 0.2) is 23.1 Å². The van der Waals surface area contributed by atoms with Gasteiger partial charge in [0.25, 0.3) is 0 Å². The summed E-state index contributed by atoms with van der Waals surface area (Å²) in [7, 11) is 0. The van der Waals surface area contributed by atoms with E-state index in [1.165, 1.54) is 5.56 Å². The van der Waals surface area contributed by atoms with Crippen LogP contribution in [0.2, 0.25) is 5.02 Å². The van der Waals surface area contributed by atoms with Crippen molar-refractivity contribution in [3.63, 3.8) is 0 Å². The predicted molar refractivity (Wildman–Crippen MR) is 66.9 cm³/mol. The van der Waals surface area contributed by atoms with Crippen LogP contribution < -0.4 is 5.32 Å². The third-order valence-electron chi connectivity index (χ3n) is 2.64. The van der Waals surface area contributed by atoms with Crippen LogP contribution in [0.3, 0.4) is 0 Å². The molecule has 0 radical (unpaired) electrons. The summed E-state index contributed by atoms with van der Waals surface area (Å²) in [5.74, 6) is 0. The molecular weight excluding hydrogens is 228 g/mol. The van der Waals surface area contributed by atoms with Crippen molar-refractivity contribution < 1.29 is 0 Å². The van der Waals surface area contributed by atoms with Gasteiger partial charge in [-0.2, -0.15) is 0 Å². The van der Waals surface area contributed by atoms with Crippen LogP contribution in [0.25, 0.3) is 0 Å². The number of hydrogen-bond donors (Lipinski definition) is 2. The molecule has 0 atom stereocenters. The molecule has 1 fully saturated rings. The summed E-state index contributed by atoms with van der Waals surface area (Å²) in [5, 5.41) is 4.16. The molecule has 0 aliphatic carbocycles. The second kappa shape index (κ2) is 5.21. The molecule has 0 amide bonds. The van der Waals surface area contributed by atoms with Crippen molar-refractivity contribution in [2.75, 3.05) is 26.2 Å². The first-order chi connectivity index (χ1) is 7.25. The second-order valence-electron chi connectivity index (χ2n) is 3.80. The van der Waals surface area contributed by atoms with E-state index in [0.29, 0.717) is 0 Å². The molecule has 0 unspecified atom stereocenters. The lowest BCUT2D eigenvalue weighted by Gasteiger charge is -2.27. The van der Waals surface area contributed by atoms with Crippen molar-refractivity contribution in [3.8, 4) is 0 Å². The lowest BCUT2D eigenvalue weighted by Crippen LogP contribution is -2.42. The Labute approximate surface area is 101 Å². The van der Waals surface area contributed by atoms with E-state index in [1.54, 1.807) is 0 Å². The number of nitrogens with one attached hydrogen (secondary N) is 1. The van der Waals surface area contributed by atoms with Crippen molar-refractivity contribution in [2.45, 2.75) is 11.4 Å². The van der Waals surface area contributed by atoms with Crippen LogP contribution >= 0.6 is 24.2 Å². The van der Waals surface area contributed by atoms with Gasteiger partial charge in [0.1, 0.15) is 0 Å². The Morgan fingerprint density at radius 2 is 2.07 bits per heavy atom. The molecule has 2 rings (SSSR count). The highest BCUT2D eigenvalue weighted by Gasteiger charge is 2.11. The van der Waals surface area contributed by atoms with Crippen LogP contribution in [0, 0.1) is 0 Å².